The van der Waals surface area contributed by atoms with Crippen LogP contribution in [-0.4, -0.2) is 16.3 Å². The average molecular weight is 161 g/mol. The number of aldehydes is 1. The fourth-order valence-corrected chi connectivity index (χ4v) is 1.14. The molecule has 12 heavy (non-hydrogen) atoms. The second kappa shape index (κ2) is 2.34. The van der Waals surface area contributed by atoms with Crippen molar-refractivity contribution in [2.45, 2.75) is 0 Å². The number of H-pyrrole nitrogens is 1. The molecule has 60 valence electrons. The van der Waals surface area contributed by atoms with Crippen LogP contribution in [0.1, 0.15) is 10.4 Å². The number of nitrogens with one attached hydrogen (secondary N) is 1. The number of nitrogen functional groups attached to an aromatic ring is 1. The minimum atomic E-state index is 0.560. The molecule has 2 aromatic rings. The molecule has 3 N–H and O–H groups in total. The quantitative estimate of drug-likeness (QED) is 0.612. The topological polar surface area (TPSA) is 71.8 Å². The van der Waals surface area contributed by atoms with Crippen LogP contribution >= 0.6 is 0 Å². The number of hydrogen-bond donors (Lipinski definition) is 2. The highest BCUT2D eigenvalue weighted by molar-refractivity contribution is 5.96. The van der Waals surface area contributed by atoms with Gasteiger partial charge in [0.2, 0.25) is 0 Å². The Morgan fingerprint density at radius 3 is 3.17 bits per heavy atom. The Morgan fingerprint density at radius 1 is 1.58 bits per heavy atom. The summed E-state index contributed by atoms with van der Waals surface area (Å²) in [5, 5.41) is 0.769. The van der Waals surface area contributed by atoms with Gasteiger partial charge in [0.05, 0.1) is 11.9 Å². The third-order valence-corrected chi connectivity index (χ3v) is 1.71. The van der Waals surface area contributed by atoms with Gasteiger partial charge in [0.1, 0.15) is 5.65 Å². The number of pyridine rings is 1. The maximum atomic E-state index is 10.5. The molecule has 0 amide bonds. The Hall–Kier alpha value is -1.84. The van der Waals surface area contributed by atoms with E-state index < -0.39 is 0 Å². The Morgan fingerprint density at radius 2 is 2.42 bits per heavy atom. The number of nitrogens with two attached hydrogens (primary N) is 1. The predicted molar refractivity (Wildman–Crippen MR) is 45.9 cm³/mol. The molecule has 0 bridgehead atoms. The summed E-state index contributed by atoms with van der Waals surface area (Å²) in [5.41, 5.74) is 7.35. The van der Waals surface area contributed by atoms with Crippen LogP contribution in [0.5, 0.6) is 0 Å². The van der Waals surface area contributed by atoms with Gasteiger partial charge in [0, 0.05) is 17.1 Å². The van der Waals surface area contributed by atoms with Crippen molar-refractivity contribution in [2.75, 3.05) is 5.73 Å². The summed E-state index contributed by atoms with van der Waals surface area (Å²) in [7, 11) is 0. The van der Waals surface area contributed by atoms with E-state index in [0.29, 0.717) is 16.9 Å². The first-order valence-electron chi connectivity index (χ1n) is 3.49. The Labute approximate surface area is 68.4 Å². The minimum Gasteiger partial charge on any atom is -0.397 e. The first-order valence-corrected chi connectivity index (χ1v) is 3.49. The van der Waals surface area contributed by atoms with E-state index in [4.69, 9.17) is 5.73 Å². The van der Waals surface area contributed by atoms with Crippen LogP contribution in [0.2, 0.25) is 0 Å². The maximum absolute atomic E-state index is 10.5. The summed E-state index contributed by atoms with van der Waals surface area (Å²) in [6.07, 6.45) is 3.94. The predicted octanol–water partition coefficient (Wildman–Crippen LogP) is 0.958. The molecule has 0 atom stereocenters. The van der Waals surface area contributed by atoms with E-state index in [1.165, 1.54) is 0 Å². The molecule has 0 saturated carbocycles. The number of carbonyl (C=O) groups is 1. The van der Waals surface area contributed by atoms with E-state index in [1.807, 2.05) is 0 Å². The monoisotopic (exact) mass is 161 g/mol. The summed E-state index contributed by atoms with van der Waals surface area (Å²) in [4.78, 5) is 17.4. The van der Waals surface area contributed by atoms with Gasteiger partial charge in [0.15, 0.2) is 6.29 Å². The molecule has 0 radical (unpaired) electrons. The third kappa shape index (κ3) is 0.852. The SMILES string of the molecule is Nc1cnc2[nH]cc(C=O)c2c1. The van der Waals surface area contributed by atoms with Crippen LogP contribution in [0, 0.1) is 0 Å². The van der Waals surface area contributed by atoms with E-state index in [-0.39, 0.29) is 0 Å². The zero-order valence-corrected chi connectivity index (χ0v) is 6.24. The fraction of sp³-hybridized carbons (Fsp3) is 0. The highest BCUT2D eigenvalue weighted by atomic mass is 16.1. The summed E-state index contributed by atoms with van der Waals surface area (Å²) in [6.45, 7) is 0. The Bertz CT molecular complexity index is 433. The van der Waals surface area contributed by atoms with Gasteiger partial charge in [-0.25, -0.2) is 4.98 Å². The molecule has 2 heterocycles. The average Bonchev–Trinajstić information content (AvgIpc) is 2.46. The molecule has 4 heteroatoms. The van der Waals surface area contributed by atoms with Crippen molar-refractivity contribution in [1.82, 2.24) is 9.97 Å². The lowest BCUT2D eigenvalue weighted by Gasteiger charge is -1.91. The number of fused-ring (bicyclic) bond motifs is 1. The van der Waals surface area contributed by atoms with Crippen molar-refractivity contribution in [1.29, 1.82) is 0 Å². The summed E-state index contributed by atoms with van der Waals surface area (Å²) >= 11 is 0. The lowest BCUT2D eigenvalue weighted by Crippen LogP contribution is -1.86. The van der Waals surface area contributed by atoms with Gasteiger partial charge in [0.25, 0.3) is 0 Å². The van der Waals surface area contributed by atoms with Gasteiger partial charge >= 0.3 is 0 Å². The zero-order chi connectivity index (χ0) is 8.55. The molecular formula is C8H7N3O. The fourth-order valence-electron chi connectivity index (χ4n) is 1.14. The lowest BCUT2D eigenvalue weighted by molar-refractivity contribution is 0.112. The number of hydrogen-bond acceptors (Lipinski definition) is 3. The second-order valence-corrected chi connectivity index (χ2v) is 2.53. The van der Waals surface area contributed by atoms with Crippen molar-refractivity contribution in [3.63, 3.8) is 0 Å². The smallest absolute Gasteiger partial charge is 0.152 e. The lowest BCUT2D eigenvalue weighted by atomic mass is 10.2. The van der Waals surface area contributed by atoms with Crippen molar-refractivity contribution in [3.8, 4) is 0 Å². The minimum absolute atomic E-state index is 0.560. The van der Waals surface area contributed by atoms with Gasteiger partial charge in [-0.05, 0) is 6.07 Å². The maximum Gasteiger partial charge on any atom is 0.152 e. The van der Waals surface area contributed by atoms with Crippen LogP contribution in [0.25, 0.3) is 11.0 Å². The number of aromatic nitrogens is 2. The normalized spacial score (nSPS) is 10.3. The van der Waals surface area contributed by atoms with Crippen LogP contribution in [0.3, 0.4) is 0 Å². The molecule has 2 rings (SSSR count). The molecule has 0 unspecified atom stereocenters. The van der Waals surface area contributed by atoms with E-state index in [9.17, 15) is 4.79 Å². The van der Waals surface area contributed by atoms with Crippen LogP contribution < -0.4 is 5.73 Å². The number of nitrogens with zero attached hydrogens (tertiary/aromatic N) is 1. The number of carbonyl (C=O) groups excluding carboxylic acids is 1. The molecule has 2 aromatic heterocycles. The van der Waals surface area contributed by atoms with Crippen LogP contribution in [-0.2, 0) is 0 Å². The number of aromatic amines is 1. The summed E-state index contributed by atoms with van der Waals surface area (Å²) in [6, 6.07) is 1.72. The van der Waals surface area contributed by atoms with Gasteiger partial charge in [-0.2, -0.15) is 0 Å². The van der Waals surface area contributed by atoms with E-state index in [2.05, 4.69) is 9.97 Å². The van der Waals surface area contributed by atoms with E-state index >= 15 is 0 Å². The Kier molecular flexibility index (Phi) is 1.33. The molecule has 0 aliphatic heterocycles. The molecule has 0 spiro atoms. The van der Waals surface area contributed by atoms with Gasteiger partial charge in [-0.3, -0.25) is 4.79 Å². The van der Waals surface area contributed by atoms with Crippen molar-refractivity contribution in [3.05, 3.63) is 24.0 Å². The highest BCUT2D eigenvalue weighted by Gasteiger charge is 2.02. The highest BCUT2D eigenvalue weighted by Crippen LogP contribution is 2.16. The van der Waals surface area contributed by atoms with Crippen molar-refractivity contribution < 1.29 is 4.79 Å². The molecule has 0 saturated heterocycles. The molecule has 0 aliphatic rings. The molecule has 0 fully saturated rings. The standard InChI is InChI=1S/C8H7N3O/c9-6-1-7-5(4-12)2-10-8(7)11-3-6/h1-4H,9H2,(H,10,11). The van der Waals surface area contributed by atoms with Gasteiger partial charge in [-0.1, -0.05) is 0 Å². The van der Waals surface area contributed by atoms with Crippen molar-refractivity contribution in [2.24, 2.45) is 0 Å². The largest absolute Gasteiger partial charge is 0.397 e. The van der Waals surface area contributed by atoms with E-state index in [0.717, 1.165) is 11.7 Å². The molecule has 0 aliphatic carbocycles. The first kappa shape index (κ1) is 6.84. The van der Waals surface area contributed by atoms with Crippen molar-refractivity contribution >= 4 is 23.0 Å². The summed E-state index contributed by atoms with van der Waals surface area (Å²) in [5.74, 6) is 0. The number of anilines is 1. The van der Waals surface area contributed by atoms with E-state index in [1.54, 1.807) is 18.5 Å². The van der Waals surface area contributed by atoms with Gasteiger partial charge < -0.3 is 10.7 Å². The molecule has 4 nitrogen and oxygen atoms in total. The second-order valence-electron chi connectivity index (χ2n) is 2.53. The Balaban J connectivity index is 2.83. The summed E-state index contributed by atoms with van der Waals surface area (Å²) < 4.78 is 0. The third-order valence-electron chi connectivity index (χ3n) is 1.71. The first-order chi connectivity index (χ1) is 5.81. The van der Waals surface area contributed by atoms with Crippen LogP contribution in [0.4, 0.5) is 5.69 Å². The van der Waals surface area contributed by atoms with Crippen LogP contribution in [0.15, 0.2) is 18.5 Å². The zero-order valence-electron chi connectivity index (χ0n) is 6.24. The molecule has 0 aromatic carbocycles. The number of rotatable bonds is 1. The van der Waals surface area contributed by atoms with Gasteiger partial charge in [-0.15, -0.1) is 0 Å². The molecular weight excluding hydrogens is 154 g/mol.